The van der Waals surface area contributed by atoms with Crippen LogP contribution in [0.2, 0.25) is 0 Å². The summed E-state index contributed by atoms with van der Waals surface area (Å²) in [6.07, 6.45) is 9.70. The second-order valence-corrected chi connectivity index (χ2v) is 6.45. The van der Waals surface area contributed by atoms with E-state index in [4.69, 9.17) is 0 Å². The minimum atomic E-state index is -0.906. The highest BCUT2D eigenvalue weighted by Crippen LogP contribution is 2.30. The quantitative estimate of drug-likeness (QED) is 0.343. The summed E-state index contributed by atoms with van der Waals surface area (Å²) < 4.78 is 0. The molecule has 126 valence electrons. The Morgan fingerprint density at radius 2 is 1.26 bits per heavy atom. The minimum absolute atomic E-state index is 0.0548. The van der Waals surface area contributed by atoms with Gasteiger partial charge in [0, 0.05) is 11.5 Å². The molecular weight excluding hydrogens is 296 g/mol. The molecule has 23 heavy (non-hydrogen) atoms. The first-order chi connectivity index (χ1) is 11.1. The van der Waals surface area contributed by atoms with E-state index in [2.05, 4.69) is 16.4 Å². The maximum Gasteiger partial charge on any atom is 0.393 e. The predicted octanol–water partition coefficient (Wildman–Crippen LogP) is 3.46. The summed E-state index contributed by atoms with van der Waals surface area (Å²) in [7, 11) is 0. The summed E-state index contributed by atoms with van der Waals surface area (Å²) in [5.41, 5.74) is 0.285. The number of carbonyl (C=O) groups excluding carboxylic acids is 3. The molecule has 0 N–H and O–H groups in total. The normalized spacial score (nSPS) is 19.5. The molecule has 5 heteroatoms. The van der Waals surface area contributed by atoms with Crippen molar-refractivity contribution in [3.63, 3.8) is 0 Å². The van der Waals surface area contributed by atoms with Crippen molar-refractivity contribution in [2.75, 3.05) is 0 Å². The molecule has 0 saturated heterocycles. The van der Waals surface area contributed by atoms with E-state index in [1.54, 1.807) is 5.94 Å². The van der Waals surface area contributed by atoms with Crippen molar-refractivity contribution in [1.29, 1.82) is 0 Å². The summed E-state index contributed by atoms with van der Waals surface area (Å²) in [4.78, 5) is 44.1. The third-order valence-corrected chi connectivity index (χ3v) is 4.90. The predicted molar refractivity (Wildman–Crippen MR) is 83.7 cm³/mol. The third kappa shape index (κ3) is 4.80. The van der Waals surface area contributed by atoms with Crippen LogP contribution in [0, 0.1) is 11.8 Å². The lowest BCUT2D eigenvalue weighted by Crippen LogP contribution is -2.23. The van der Waals surface area contributed by atoms with Crippen molar-refractivity contribution >= 4 is 17.9 Å². The van der Waals surface area contributed by atoms with Gasteiger partial charge in [-0.1, -0.05) is 45.1 Å². The number of carbonyl (C=O) groups is 2. The van der Waals surface area contributed by atoms with Gasteiger partial charge in [0.15, 0.2) is 0 Å². The lowest BCUT2D eigenvalue weighted by Gasteiger charge is -2.22. The maximum absolute atomic E-state index is 11.9. The van der Waals surface area contributed by atoms with Gasteiger partial charge in [-0.05, 0) is 31.6 Å². The fourth-order valence-corrected chi connectivity index (χ4v) is 3.47. The summed E-state index contributed by atoms with van der Waals surface area (Å²) in [5.74, 6) is -0.0150. The van der Waals surface area contributed by atoms with Gasteiger partial charge in [0.1, 0.15) is 11.5 Å². The summed E-state index contributed by atoms with van der Waals surface area (Å²) in [5, 5.41) is 0. The minimum Gasteiger partial charge on any atom is -0.242 e. The van der Waals surface area contributed by atoms with Crippen molar-refractivity contribution in [2.45, 2.75) is 64.2 Å². The van der Waals surface area contributed by atoms with Crippen molar-refractivity contribution in [3.8, 4) is 0 Å². The Morgan fingerprint density at radius 1 is 0.783 bits per heavy atom. The number of rotatable bonds is 4. The number of hydrogen-bond donors (Lipinski definition) is 0. The van der Waals surface area contributed by atoms with Crippen LogP contribution < -0.4 is 0 Å². The maximum atomic E-state index is 11.9. The Bertz CT molecular complexity index is 504. The first-order valence-corrected chi connectivity index (χ1v) is 8.50. The van der Waals surface area contributed by atoms with Crippen molar-refractivity contribution in [3.05, 3.63) is 17.7 Å². The Kier molecular flexibility index (Phi) is 6.60. The van der Waals surface area contributed by atoms with Gasteiger partial charge in [-0.2, -0.15) is 0 Å². The van der Waals surface area contributed by atoms with E-state index in [9.17, 15) is 14.4 Å². The molecule has 0 unspecified atom stereocenters. The molecule has 0 radical (unpaired) electrons. The Hall–Kier alpha value is -1.87. The van der Waals surface area contributed by atoms with Gasteiger partial charge in [-0.3, -0.25) is 0 Å². The molecule has 2 aliphatic carbocycles. The first kappa shape index (κ1) is 17.5. The SMILES string of the molecule is C=C(C(=O)OOC(=O)C(=C=O)C1CCCCC1)C1CCCCC1. The molecule has 0 heterocycles. The summed E-state index contributed by atoms with van der Waals surface area (Å²) in [6, 6.07) is 0. The molecule has 0 aliphatic heterocycles. The van der Waals surface area contributed by atoms with E-state index in [1.807, 2.05) is 0 Å². The van der Waals surface area contributed by atoms with Gasteiger partial charge in [0.05, 0.1) is 0 Å². The van der Waals surface area contributed by atoms with Crippen LogP contribution in [0.1, 0.15) is 64.2 Å². The average Bonchev–Trinajstić information content (AvgIpc) is 2.61. The largest absolute Gasteiger partial charge is 0.393 e. The average molecular weight is 320 g/mol. The molecule has 5 nitrogen and oxygen atoms in total. The van der Waals surface area contributed by atoms with E-state index in [0.29, 0.717) is 5.57 Å². The summed E-state index contributed by atoms with van der Waals surface area (Å²) in [6.45, 7) is 3.76. The molecule has 2 rings (SSSR count). The summed E-state index contributed by atoms with van der Waals surface area (Å²) >= 11 is 0. The van der Waals surface area contributed by atoms with E-state index >= 15 is 0 Å². The van der Waals surface area contributed by atoms with Crippen LogP contribution in [-0.4, -0.2) is 17.9 Å². The van der Waals surface area contributed by atoms with Gasteiger partial charge < -0.3 is 0 Å². The molecule has 0 bridgehead atoms. The van der Waals surface area contributed by atoms with Crippen LogP contribution >= 0.6 is 0 Å². The van der Waals surface area contributed by atoms with Crippen molar-refractivity contribution < 1.29 is 24.2 Å². The molecule has 0 aromatic heterocycles. The van der Waals surface area contributed by atoms with Gasteiger partial charge >= 0.3 is 11.9 Å². The fraction of sp³-hybridized carbons (Fsp3) is 0.667. The fourth-order valence-electron chi connectivity index (χ4n) is 3.47. The highest BCUT2D eigenvalue weighted by molar-refractivity contribution is 5.97. The Morgan fingerprint density at radius 3 is 1.78 bits per heavy atom. The molecule has 0 amide bonds. The van der Waals surface area contributed by atoms with Crippen LogP contribution in [-0.2, 0) is 24.2 Å². The van der Waals surface area contributed by atoms with Crippen LogP contribution in [0.4, 0.5) is 0 Å². The van der Waals surface area contributed by atoms with Crippen LogP contribution in [0.3, 0.4) is 0 Å². The van der Waals surface area contributed by atoms with E-state index in [-0.39, 0.29) is 17.4 Å². The molecule has 2 aliphatic rings. The molecule has 0 aromatic rings. The van der Waals surface area contributed by atoms with Crippen molar-refractivity contribution in [1.82, 2.24) is 0 Å². The Balaban J connectivity index is 1.83. The lowest BCUT2D eigenvalue weighted by molar-refractivity contribution is -0.253. The second kappa shape index (κ2) is 8.68. The van der Waals surface area contributed by atoms with Crippen LogP contribution in [0.5, 0.6) is 0 Å². The van der Waals surface area contributed by atoms with E-state index in [1.165, 1.54) is 6.42 Å². The highest BCUT2D eigenvalue weighted by atomic mass is 17.2. The van der Waals surface area contributed by atoms with Gasteiger partial charge in [0.2, 0.25) is 0 Å². The van der Waals surface area contributed by atoms with E-state index in [0.717, 1.165) is 57.8 Å². The third-order valence-electron chi connectivity index (χ3n) is 4.90. The van der Waals surface area contributed by atoms with Crippen molar-refractivity contribution in [2.24, 2.45) is 11.8 Å². The first-order valence-electron chi connectivity index (χ1n) is 8.50. The van der Waals surface area contributed by atoms with Gasteiger partial charge in [-0.15, -0.1) is 0 Å². The second-order valence-electron chi connectivity index (χ2n) is 6.45. The van der Waals surface area contributed by atoms with E-state index < -0.39 is 11.9 Å². The Labute approximate surface area is 136 Å². The monoisotopic (exact) mass is 320 g/mol. The standard InChI is InChI=1S/C18H24O5/c1-13(14-8-4-2-5-9-14)17(20)22-23-18(21)16(12-19)15-10-6-3-7-11-15/h14-15H,1-11H2. The molecule has 0 aromatic carbocycles. The zero-order chi connectivity index (χ0) is 16.7. The highest BCUT2D eigenvalue weighted by Gasteiger charge is 2.29. The zero-order valence-corrected chi connectivity index (χ0v) is 13.5. The molecule has 0 spiro atoms. The van der Waals surface area contributed by atoms with Crippen LogP contribution in [0.15, 0.2) is 17.7 Å². The zero-order valence-electron chi connectivity index (χ0n) is 13.5. The van der Waals surface area contributed by atoms with Gasteiger partial charge in [0.25, 0.3) is 0 Å². The topological polar surface area (TPSA) is 69.7 Å². The van der Waals surface area contributed by atoms with Gasteiger partial charge in [-0.25, -0.2) is 24.2 Å². The number of hydrogen-bond acceptors (Lipinski definition) is 5. The molecule has 2 saturated carbocycles. The molecular formula is C18H24O5. The lowest BCUT2D eigenvalue weighted by atomic mass is 9.84. The smallest absolute Gasteiger partial charge is 0.242 e. The molecule has 2 fully saturated rings. The van der Waals surface area contributed by atoms with Crippen LogP contribution in [0.25, 0.3) is 0 Å². The molecule has 0 atom stereocenters.